The summed E-state index contributed by atoms with van der Waals surface area (Å²) in [7, 11) is 1.47. The van der Waals surface area contributed by atoms with E-state index in [-0.39, 0.29) is 5.57 Å². The molecule has 0 aliphatic carbocycles. The van der Waals surface area contributed by atoms with Crippen LogP contribution in [0.1, 0.15) is 5.56 Å². The maximum Gasteiger partial charge on any atom is 0.261 e. The fourth-order valence-electron chi connectivity index (χ4n) is 1.03. The number of carbonyl (C=O) groups excluding carboxylic acids is 1. The van der Waals surface area contributed by atoms with Gasteiger partial charge in [0.1, 0.15) is 11.6 Å². The molecule has 15 heavy (non-hydrogen) atoms. The van der Waals surface area contributed by atoms with Crippen LogP contribution < -0.4 is 5.32 Å². The van der Waals surface area contributed by atoms with Gasteiger partial charge >= 0.3 is 0 Å². The van der Waals surface area contributed by atoms with Gasteiger partial charge in [0.2, 0.25) is 0 Å². The van der Waals surface area contributed by atoms with Gasteiger partial charge in [0, 0.05) is 12.1 Å². The van der Waals surface area contributed by atoms with E-state index in [9.17, 15) is 4.79 Å². The predicted octanol–water partition coefficient (Wildman–Crippen LogP) is 1.99. The quantitative estimate of drug-likeness (QED) is 0.612. The van der Waals surface area contributed by atoms with Crippen LogP contribution in [0.2, 0.25) is 5.02 Å². The van der Waals surface area contributed by atoms with Crippen LogP contribution in [-0.4, -0.2) is 13.0 Å². The molecule has 0 aromatic heterocycles. The van der Waals surface area contributed by atoms with Crippen molar-refractivity contribution in [1.29, 1.82) is 5.26 Å². The van der Waals surface area contributed by atoms with Gasteiger partial charge in [-0.3, -0.25) is 4.79 Å². The number of amides is 1. The monoisotopic (exact) mass is 220 g/mol. The lowest BCUT2D eigenvalue weighted by Gasteiger charge is -1.99. The molecule has 4 heteroatoms. The second-order valence-corrected chi connectivity index (χ2v) is 3.18. The Morgan fingerprint density at radius 2 is 2.20 bits per heavy atom. The van der Waals surface area contributed by atoms with Gasteiger partial charge in [-0.1, -0.05) is 29.8 Å². The zero-order valence-electron chi connectivity index (χ0n) is 8.12. The maximum atomic E-state index is 11.2. The molecule has 0 atom stereocenters. The SMILES string of the molecule is CNC(=O)/C(C#N)=C\c1ccccc1Cl. The summed E-state index contributed by atoms with van der Waals surface area (Å²) in [5.74, 6) is -0.419. The molecule has 1 rings (SSSR count). The predicted molar refractivity (Wildman–Crippen MR) is 59.1 cm³/mol. The zero-order chi connectivity index (χ0) is 11.3. The molecule has 0 aliphatic heterocycles. The van der Waals surface area contributed by atoms with Crippen molar-refractivity contribution in [1.82, 2.24) is 5.32 Å². The van der Waals surface area contributed by atoms with Crippen LogP contribution in [0.25, 0.3) is 6.08 Å². The Kier molecular flexibility index (Phi) is 3.90. The molecule has 0 spiro atoms. The van der Waals surface area contributed by atoms with E-state index >= 15 is 0 Å². The zero-order valence-corrected chi connectivity index (χ0v) is 8.88. The lowest BCUT2D eigenvalue weighted by molar-refractivity contribution is -0.116. The molecule has 1 aromatic carbocycles. The number of halogens is 1. The van der Waals surface area contributed by atoms with Crippen molar-refractivity contribution in [3.8, 4) is 6.07 Å². The molecule has 0 heterocycles. The highest BCUT2D eigenvalue weighted by Crippen LogP contribution is 2.17. The minimum absolute atomic E-state index is 0.0330. The number of nitriles is 1. The first-order chi connectivity index (χ1) is 7.19. The molecule has 1 N–H and O–H groups in total. The van der Waals surface area contributed by atoms with E-state index < -0.39 is 5.91 Å². The molecule has 0 unspecified atom stereocenters. The summed E-state index contributed by atoms with van der Waals surface area (Å²) >= 11 is 5.89. The fraction of sp³-hybridized carbons (Fsp3) is 0.0909. The smallest absolute Gasteiger partial charge is 0.261 e. The lowest BCUT2D eigenvalue weighted by Crippen LogP contribution is -2.19. The summed E-state index contributed by atoms with van der Waals surface area (Å²) in [6, 6.07) is 8.83. The number of carbonyl (C=O) groups is 1. The van der Waals surface area contributed by atoms with Gasteiger partial charge in [0.25, 0.3) is 5.91 Å². The van der Waals surface area contributed by atoms with Crippen molar-refractivity contribution in [2.24, 2.45) is 0 Å². The third-order valence-electron chi connectivity index (χ3n) is 1.80. The van der Waals surface area contributed by atoms with Crippen molar-refractivity contribution < 1.29 is 4.79 Å². The second-order valence-electron chi connectivity index (χ2n) is 2.77. The largest absolute Gasteiger partial charge is 0.354 e. The molecule has 3 nitrogen and oxygen atoms in total. The summed E-state index contributed by atoms with van der Waals surface area (Å²) < 4.78 is 0. The third-order valence-corrected chi connectivity index (χ3v) is 2.14. The first kappa shape index (κ1) is 11.3. The van der Waals surface area contributed by atoms with E-state index in [1.54, 1.807) is 24.3 Å². The van der Waals surface area contributed by atoms with Crippen LogP contribution in [0, 0.1) is 11.3 Å². The van der Waals surface area contributed by atoms with Gasteiger partial charge in [-0.25, -0.2) is 0 Å². The fourth-order valence-corrected chi connectivity index (χ4v) is 1.22. The van der Waals surface area contributed by atoms with E-state index in [4.69, 9.17) is 16.9 Å². The van der Waals surface area contributed by atoms with Crippen molar-refractivity contribution in [2.45, 2.75) is 0 Å². The van der Waals surface area contributed by atoms with E-state index in [0.717, 1.165) is 0 Å². The topological polar surface area (TPSA) is 52.9 Å². The average Bonchev–Trinajstić information content (AvgIpc) is 2.27. The molecule has 0 saturated carbocycles. The summed E-state index contributed by atoms with van der Waals surface area (Å²) in [4.78, 5) is 11.2. The van der Waals surface area contributed by atoms with Crippen LogP contribution in [0.5, 0.6) is 0 Å². The molecular formula is C11H9ClN2O. The number of nitrogens with one attached hydrogen (secondary N) is 1. The highest BCUT2D eigenvalue weighted by molar-refractivity contribution is 6.32. The van der Waals surface area contributed by atoms with E-state index in [0.29, 0.717) is 10.6 Å². The normalized spacial score (nSPS) is 10.6. The van der Waals surface area contributed by atoms with E-state index in [1.165, 1.54) is 13.1 Å². The number of hydrogen-bond donors (Lipinski definition) is 1. The summed E-state index contributed by atoms with van der Waals surface area (Å²) in [5, 5.41) is 11.6. The number of hydrogen-bond acceptors (Lipinski definition) is 2. The third kappa shape index (κ3) is 2.83. The first-order valence-electron chi connectivity index (χ1n) is 4.27. The maximum absolute atomic E-state index is 11.2. The van der Waals surface area contributed by atoms with E-state index in [1.807, 2.05) is 6.07 Å². The van der Waals surface area contributed by atoms with Crippen LogP contribution in [0.15, 0.2) is 29.8 Å². The van der Waals surface area contributed by atoms with E-state index in [2.05, 4.69) is 5.32 Å². The Hall–Kier alpha value is -1.79. The van der Waals surface area contributed by atoms with Crippen molar-refractivity contribution in [3.05, 3.63) is 40.4 Å². The van der Waals surface area contributed by atoms with Crippen LogP contribution >= 0.6 is 11.6 Å². The molecule has 1 aromatic rings. The molecule has 76 valence electrons. The van der Waals surface area contributed by atoms with Crippen LogP contribution in [-0.2, 0) is 4.79 Å². The van der Waals surface area contributed by atoms with Gasteiger partial charge in [0.05, 0.1) is 0 Å². The highest BCUT2D eigenvalue weighted by Gasteiger charge is 2.06. The van der Waals surface area contributed by atoms with Crippen molar-refractivity contribution in [3.63, 3.8) is 0 Å². The molecule has 0 aliphatic rings. The van der Waals surface area contributed by atoms with Crippen molar-refractivity contribution >= 4 is 23.6 Å². The Balaban J connectivity index is 3.11. The van der Waals surface area contributed by atoms with Crippen LogP contribution in [0.4, 0.5) is 0 Å². The Morgan fingerprint density at radius 1 is 1.53 bits per heavy atom. The molecule has 1 amide bonds. The molecule has 0 fully saturated rings. The molecular weight excluding hydrogens is 212 g/mol. The van der Waals surface area contributed by atoms with Gasteiger partial charge in [-0.15, -0.1) is 0 Å². The summed E-state index contributed by atoms with van der Waals surface area (Å²) in [5.41, 5.74) is 0.685. The minimum Gasteiger partial charge on any atom is -0.354 e. The average molecular weight is 221 g/mol. The Morgan fingerprint density at radius 3 is 2.73 bits per heavy atom. The molecule has 0 saturated heterocycles. The summed E-state index contributed by atoms with van der Waals surface area (Å²) in [6.45, 7) is 0. The lowest BCUT2D eigenvalue weighted by atomic mass is 10.1. The number of nitrogens with zero attached hydrogens (tertiary/aromatic N) is 1. The highest BCUT2D eigenvalue weighted by atomic mass is 35.5. The van der Waals surface area contributed by atoms with Crippen LogP contribution in [0.3, 0.4) is 0 Å². The van der Waals surface area contributed by atoms with Gasteiger partial charge in [0.15, 0.2) is 0 Å². The number of rotatable bonds is 2. The van der Waals surface area contributed by atoms with Gasteiger partial charge < -0.3 is 5.32 Å². The minimum atomic E-state index is -0.419. The number of benzene rings is 1. The Bertz CT molecular complexity index is 446. The second kappa shape index (κ2) is 5.18. The van der Waals surface area contributed by atoms with Crippen molar-refractivity contribution in [2.75, 3.05) is 7.05 Å². The van der Waals surface area contributed by atoms with Gasteiger partial charge in [-0.2, -0.15) is 5.26 Å². The van der Waals surface area contributed by atoms with Gasteiger partial charge in [-0.05, 0) is 17.7 Å². The first-order valence-corrected chi connectivity index (χ1v) is 4.65. The standard InChI is InChI=1S/C11H9ClN2O/c1-14-11(15)9(7-13)6-8-4-2-3-5-10(8)12/h2-6H,1H3,(H,14,15)/b9-6-. The summed E-state index contributed by atoms with van der Waals surface area (Å²) in [6.07, 6.45) is 1.46. The molecule has 0 radical (unpaired) electrons. The Labute approximate surface area is 93.0 Å². The molecule has 0 bridgehead atoms. The number of likely N-dealkylation sites (N-methyl/N-ethyl adjacent to an activating group) is 1.